The third kappa shape index (κ3) is 3.28. The number of hydrogen-bond acceptors (Lipinski definition) is 4. The zero-order chi connectivity index (χ0) is 18.1. The molecule has 0 bridgehead atoms. The van der Waals surface area contributed by atoms with Gasteiger partial charge < -0.3 is 10.2 Å². The standard InChI is InChI=1S/C21H22N4O/c1-14-3-2-10-25(14)19-7-6-16(11-18(19)13-22)17-8-9-23-20(12-17)24-21(26)15-4-5-15/h6-9,11-12,14-15H,2-5,10H2,1H3,(H,23,24,26). The monoisotopic (exact) mass is 346 g/mol. The zero-order valence-corrected chi connectivity index (χ0v) is 14.9. The summed E-state index contributed by atoms with van der Waals surface area (Å²) in [7, 11) is 0. The second-order valence-electron chi connectivity index (χ2n) is 7.22. The summed E-state index contributed by atoms with van der Waals surface area (Å²) in [6, 6.07) is 12.6. The third-order valence-electron chi connectivity index (χ3n) is 5.27. The quantitative estimate of drug-likeness (QED) is 0.910. The molecule has 132 valence electrons. The first-order valence-corrected chi connectivity index (χ1v) is 9.24. The van der Waals surface area contributed by atoms with Crippen LogP contribution in [-0.2, 0) is 4.79 Å². The van der Waals surface area contributed by atoms with Crippen LogP contribution >= 0.6 is 0 Å². The van der Waals surface area contributed by atoms with Gasteiger partial charge in [-0.2, -0.15) is 5.26 Å². The SMILES string of the molecule is CC1CCCN1c1ccc(-c2ccnc(NC(=O)C3CC3)c2)cc1C#N. The summed E-state index contributed by atoms with van der Waals surface area (Å²) >= 11 is 0. The molecule has 0 radical (unpaired) electrons. The number of nitriles is 1. The van der Waals surface area contributed by atoms with Gasteiger partial charge in [-0.25, -0.2) is 4.98 Å². The molecule has 1 amide bonds. The van der Waals surface area contributed by atoms with Crippen LogP contribution in [0, 0.1) is 17.2 Å². The number of rotatable bonds is 4. The Morgan fingerprint density at radius 3 is 2.73 bits per heavy atom. The van der Waals surface area contributed by atoms with Gasteiger partial charge in [-0.15, -0.1) is 0 Å². The Balaban J connectivity index is 1.61. The second kappa shape index (κ2) is 6.80. The van der Waals surface area contributed by atoms with Crippen molar-refractivity contribution in [3.63, 3.8) is 0 Å². The van der Waals surface area contributed by atoms with E-state index in [0.717, 1.165) is 36.2 Å². The van der Waals surface area contributed by atoms with Crippen LogP contribution in [0.2, 0.25) is 0 Å². The summed E-state index contributed by atoms with van der Waals surface area (Å²) < 4.78 is 0. The first kappa shape index (κ1) is 16.6. The summed E-state index contributed by atoms with van der Waals surface area (Å²) in [6.45, 7) is 3.21. The maximum Gasteiger partial charge on any atom is 0.228 e. The lowest BCUT2D eigenvalue weighted by Gasteiger charge is -2.25. The van der Waals surface area contributed by atoms with Gasteiger partial charge in [0.05, 0.1) is 11.3 Å². The second-order valence-corrected chi connectivity index (χ2v) is 7.22. The van der Waals surface area contributed by atoms with Crippen LogP contribution in [0.1, 0.15) is 38.2 Å². The first-order valence-electron chi connectivity index (χ1n) is 9.24. The number of carbonyl (C=O) groups is 1. The van der Waals surface area contributed by atoms with Crippen molar-refractivity contribution < 1.29 is 4.79 Å². The number of nitrogens with zero attached hydrogens (tertiary/aromatic N) is 3. The molecule has 1 saturated carbocycles. The highest BCUT2D eigenvalue weighted by Crippen LogP contribution is 2.33. The van der Waals surface area contributed by atoms with Crippen LogP contribution < -0.4 is 10.2 Å². The molecule has 1 atom stereocenters. The molecule has 5 nitrogen and oxygen atoms in total. The minimum Gasteiger partial charge on any atom is -0.368 e. The van der Waals surface area contributed by atoms with Crippen LogP contribution in [0.4, 0.5) is 11.5 Å². The molecule has 2 heterocycles. The molecule has 1 unspecified atom stereocenters. The number of anilines is 2. The van der Waals surface area contributed by atoms with E-state index in [9.17, 15) is 10.1 Å². The van der Waals surface area contributed by atoms with Crippen molar-refractivity contribution in [1.82, 2.24) is 4.98 Å². The first-order chi connectivity index (χ1) is 12.7. The van der Waals surface area contributed by atoms with Gasteiger partial charge in [0.25, 0.3) is 0 Å². The lowest BCUT2D eigenvalue weighted by molar-refractivity contribution is -0.117. The van der Waals surface area contributed by atoms with Gasteiger partial charge in [0, 0.05) is 24.7 Å². The van der Waals surface area contributed by atoms with Crippen LogP contribution in [0.25, 0.3) is 11.1 Å². The van der Waals surface area contributed by atoms with Gasteiger partial charge >= 0.3 is 0 Å². The maximum atomic E-state index is 11.9. The largest absolute Gasteiger partial charge is 0.368 e. The van der Waals surface area contributed by atoms with E-state index < -0.39 is 0 Å². The lowest BCUT2D eigenvalue weighted by Crippen LogP contribution is -2.26. The molecule has 4 rings (SSSR count). The van der Waals surface area contributed by atoms with Crippen molar-refractivity contribution in [3.05, 3.63) is 42.1 Å². The Bertz CT molecular complexity index is 882. The predicted octanol–water partition coefficient (Wildman–Crippen LogP) is 3.96. The average molecular weight is 346 g/mol. The van der Waals surface area contributed by atoms with Gasteiger partial charge in [-0.3, -0.25) is 4.79 Å². The third-order valence-corrected chi connectivity index (χ3v) is 5.27. The van der Waals surface area contributed by atoms with Crippen molar-refractivity contribution in [2.24, 2.45) is 5.92 Å². The van der Waals surface area contributed by atoms with Gasteiger partial charge in [0.15, 0.2) is 0 Å². The number of benzene rings is 1. The van der Waals surface area contributed by atoms with Crippen molar-refractivity contribution in [3.8, 4) is 17.2 Å². The molecule has 1 aromatic carbocycles. The molecule has 5 heteroatoms. The molecule has 0 spiro atoms. The van der Waals surface area contributed by atoms with Crippen molar-refractivity contribution in [2.75, 3.05) is 16.8 Å². The molecule has 1 aromatic heterocycles. The number of carbonyl (C=O) groups excluding carboxylic acids is 1. The minimum absolute atomic E-state index is 0.0470. The van der Waals surface area contributed by atoms with E-state index >= 15 is 0 Å². The fourth-order valence-corrected chi connectivity index (χ4v) is 3.60. The summed E-state index contributed by atoms with van der Waals surface area (Å²) in [6.07, 6.45) is 5.96. The molecule has 1 aliphatic heterocycles. The van der Waals surface area contributed by atoms with E-state index in [4.69, 9.17) is 0 Å². The van der Waals surface area contributed by atoms with E-state index in [-0.39, 0.29) is 11.8 Å². The van der Waals surface area contributed by atoms with Crippen LogP contribution in [0.5, 0.6) is 0 Å². The molecule has 1 saturated heterocycles. The van der Waals surface area contributed by atoms with E-state index in [1.54, 1.807) is 6.20 Å². The Labute approximate surface area is 153 Å². The normalized spacial score (nSPS) is 19.2. The van der Waals surface area contributed by atoms with Crippen LogP contribution in [-0.4, -0.2) is 23.5 Å². The topological polar surface area (TPSA) is 69.0 Å². The number of pyridine rings is 1. The van der Waals surface area contributed by atoms with Gasteiger partial charge in [0.2, 0.25) is 5.91 Å². The zero-order valence-electron chi connectivity index (χ0n) is 14.9. The number of hydrogen-bond donors (Lipinski definition) is 1. The number of nitrogens with one attached hydrogen (secondary N) is 1. The van der Waals surface area contributed by atoms with Crippen LogP contribution in [0.15, 0.2) is 36.5 Å². The van der Waals surface area contributed by atoms with E-state index in [1.165, 1.54) is 12.8 Å². The summed E-state index contributed by atoms with van der Waals surface area (Å²) in [4.78, 5) is 18.5. The fourth-order valence-electron chi connectivity index (χ4n) is 3.60. The van der Waals surface area contributed by atoms with Crippen molar-refractivity contribution in [1.29, 1.82) is 5.26 Å². The highest BCUT2D eigenvalue weighted by atomic mass is 16.2. The summed E-state index contributed by atoms with van der Waals surface area (Å²) in [5.41, 5.74) is 3.61. The van der Waals surface area contributed by atoms with Gasteiger partial charge in [0.1, 0.15) is 11.9 Å². The number of amides is 1. The molecule has 1 N–H and O–H groups in total. The highest BCUT2D eigenvalue weighted by molar-refractivity contribution is 5.93. The fraction of sp³-hybridized carbons (Fsp3) is 0.381. The predicted molar refractivity (Wildman–Crippen MR) is 102 cm³/mol. The van der Waals surface area contributed by atoms with Crippen LogP contribution in [0.3, 0.4) is 0 Å². The van der Waals surface area contributed by atoms with Gasteiger partial charge in [-0.05, 0) is 68.0 Å². The lowest BCUT2D eigenvalue weighted by atomic mass is 10.0. The minimum atomic E-state index is 0.0470. The van der Waals surface area contributed by atoms with Crippen molar-refractivity contribution >= 4 is 17.4 Å². The summed E-state index contributed by atoms with van der Waals surface area (Å²) in [5.74, 6) is 0.758. The Hall–Kier alpha value is -2.87. The molecular formula is C21H22N4O. The maximum absolute atomic E-state index is 11.9. The average Bonchev–Trinajstić information content (AvgIpc) is 3.43. The highest BCUT2D eigenvalue weighted by Gasteiger charge is 2.29. The molecule has 26 heavy (non-hydrogen) atoms. The Morgan fingerprint density at radius 1 is 1.23 bits per heavy atom. The van der Waals surface area contributed by atoms with Crippen molar-refractivity contribution in [2.45, 2.75) is 38.6 Å². The van der Waals surface area contributed by atoms with Gasteiger partial charge in [-0.1, -0.05) is 6.07 Å². The molecule has 2 aromatic rings. The van der Waals surface area contributed by atoms with E-state index in [2.05, 4.69) is 28.2 Å². The Morgan fingerprint density at radius 2 is 2.04 bits per heavy atom. The molecular weight excluding hydrogens is 324 g/mol. The molecule has 2 fully saturated rings. The molecule has 1 aliphatic carbocycles. The Kier molecular flexibility index (Phi) is 4.34. The number of aromatic nitrogens is 1. The van der Waals surface area contributed by atoms with E-state index in [0.29, 0.717) is 17.4 Å². The summed E-state index contributed by atoms with van der Waals surface area (Å²) in [5, 5.41) is 12.5. The van der Waals surface area contributed by atoms with E-state index in [1.807, 2.05) is 30.3 Å². The smallest absolute Gasteiger partial charge is 0.228 e. The molecule has 2 aliphatic rings.